The standard InChI is InChI=1S/C20H28N2O/c1-7-23-17-11-8-16(9-12-17)10-13-18-21-19(14(2)3)20(15(4)5)22(18)6/h8-15H,7H2,1-6H3/b13-10+. The van der Waals surface area contributed by atoms with Crippen LogP contribution in [0.5, 0.6) is 5.75 Å². The Morgan fingerprint density at radius 3 is 2.17 bits per heavy atom. The third-order valence-corrected chi connectivity index (χ3v) is 3.91. The molecular formula is C20H28N2O. The van der Waals surface area contributed by atoms with Gasteiger partial charge in [0.15, 0.2) is 0 Å². The van der Waals surface area contributed by atoms with E-state index in [0.29, 0.717) is 18.4 Å². The van der Waals surface area contributed by atoms with Gasteiger partial charge in [0.25, 0.3) is 0 Å². The molecule has 2 rings (SSSR count). The van der Waals surface area contributed by atoms with E-state index in [2.05, 4.69) is 63.6 Å². The van der Waals surface area contributed by atoms with Crippen molar-refractivity contribution in [2.24, 2.45) is 7.05 Å². The number of benzene rings is 1. The van der Waals surface area contributed by atoms with Gasteiger partial charge in [-0.2, -0.15) is 0 Å². The molecule has 23 heavy (non-hydrogen) atoms. The van der Waals surface area contributed by atoms with Crippen molar-refractivity contribution in [3.8, 4) is 5.75 Å². The van der Waals surface area contributed by atoms with Gasteiger partial charge in [0, 0.05) is 12.7 Å². The van der Waals surface area contributed by atoms with Crippen LogP contribution in [0.15, 0.2) is 24.3 Å². The van der Waals surface area contributed by atoms with E-state index >= 15 is 0 Å². The smallest absolute Gasteiger partial charge is 0.132 e. The van der Waals surface area contributed by atoms with E-state index in [-0.39, 0.29) is 0 Å². The molecule has 2 aromatic rings. The first-order valence-corrected chi connectivity index (χ1v) is 8.41. The first-order chi connectivity index (χ1) is 10.9. The molecule has 0 radical (unpaired) electrons. The fourth-order valence-electron chi connectivity index (χ4n) is 2.82. The van der Waals surface area contributed by atoms with Crippen LogP contribution in [0.25, 0.3) is 12.2 Å². The topological polar surface area (TPSA) is 27.1 Å². The minimum atomic E-state index is 0.436. The molecule has 1 aromatic heterocycles. The Balaban J connectivity index is 2.27. The van der Waals surface area contributed by atoms with Crippen molar-refractivity contribution in [1.82, 2.24) is 9.55 Å². The zero-order valence-corrected chi connectivity index (χ0v) is 15.1. The Labute approximate surface area is 140 Å². The lowest BCUT2D eigenvalue weighted by Crippen LogP contribution is -2.03. The molecule has 0 N–H and O–H groups in total. The summed E-state index contributed by atoms with van der Waals surface area (Å²) in [4.78, 5) is 4.84. The van der Waals surface area contributed by atoms with E-state index in [0.717, 1.165) is 17.1 Å². The number of aromatic nitrogens is 2. The molecule has 0 unspecified atom stereocenters. The summed E-state index contributed by atoms with van der Waals surface area (Å²) in [5.41, 5.74) is 3.67. The Morgan fingerprint density at radius 1 is 1.04 bits per heavy atom. The number of imidazole rings is 1. The maximum Gasteiger partial charge on any atom is 0.132 e. The van der Waals surface area contributed by atoms with Crippen LogP contribution < -0.4 is 4.74 Å². The van der Waals surface area contributed by atoms with E-state index in [4.69, 9.17) is 9.72 Å². The summed E-state index contributed by atoms with van der Waals surface area (Å²) >= 11 is 0. The molecule has 0 spiro atoms. The average molecular weight is 312 g/mol. The van der Waals surface area contributed by atoms with Gasteiger partial charge in [-0.25, -0.2) is 4.98 Å². The van der Waals surface area contributed by atoms with Crippen molar-refractivity contribution in [2.75, 3.05) is 6.61 Å². The molecule has 0 aliphatic heterocycles. The van der Waals surface area contributed by atoms with Gasteiger partial charge < -0.3 is 9.30 Å². The average Bonchev–Trinajstić information content (AvgIpc) is 2.84. The third-order valence-electron chi connectivity index (χ3n) is 3.91. The second kappa shape index (κ2) is 7.49. The van der Waals surface area contributed by atoms with Crippen LogP contribution in [0.3, 0.4) is 0 Å². The minimum Gasteiger partial charge on any atom is -0.494 e. The second-order valence-corrected chi connectivity index (χ2v) is 6.44. The first-order valence-electron chi connectivity index (χ1n) is 8.41. The number of hydrogen-bond donors (Lipinski definition) is 0. The highest BCUT2D eigenvalue weighted by atomic mass is 16.5. The number of ether oxygens (including phenoxy) is 1. The molecule has 0 amide bonds. The second-order valence-electron chi connectivity index (χ2n) is 6.44. The largest absolute Gasteiger partial charge is 0.494 e. The molecule has 1 heterocycles. The van der Waals surface area contributed by atoms with Gasteiger partial charge in [0.2, 0.25) is 0 Å². The highest BCUT2D eigenvalue weighted by Gasteiger charge is 2.18. The molecule has 0 aliphatic rings. The predicted octanol–water partition coefficient (Wildman–Crippen LogP) is 5.24. The highest BCUT2D eigenvalue weighted by molar-refractivity contribution is 5.67. The molecule has 0 fully saturated rings. The van der Waals surface area contributed by atoms with Gasteiger partial charge in [-0.15, -0.1) is 0 Å². The lowest BCUT2D eigenvalue weighted by molar-refractivity contribution is 0.340. The summed E-state index contributed by atoms with van der Waals surface area (Å²) in [7, 11) is 2.10. The SMILES string of the molecule is CCOc1ccc(/C=C/c2nc(C(C)C)c(C(C)C)n2C)cc1. The maximum absolute atomic E-state index is 5.47. The molecule has 0 aliphatic carbocycles. The first kappa shape index (κ1) is 17.3. The van der Waals surface area contributed by atoms with Crippen LogP contribution >= 0.6 is 0 Å². The zero-order chi connectivity index (χ0) is 17.0. The molecule has 3 nitrogen and oxygen atoms in total. The predicted molar refractivity (Wildman–Crippen MR) is 97.9 cm³/mol. The van der Waals surface area contributed by atoms with Crippen LogP contribution in [0.1, 0.15) is 69.2 Å². The van der Waals surface area contributed by atoms with E-state index in [1.807, 2.05) is 19.1 Å². The fraction of sp³-hybridized carbons (Fsp3) is 0.450. The highest BCUT2D eigenvalue weighted by Crippen LogP contribution is 2.27. The number of rotatable bonds is 6. The van der Waals surface area contributed by atoms with E-state index < -0.39 is 0 Å². The summed E-state index contributed by atoms with van der Waals surface area (Å²) in [5.74, 6) is 2.82. The summed E-state index contributed by atoms with van der Waals surface area (Å²) in [6, 6.07) is 8.13. The lowest BCUT2D eigenvalue weighted by Gasteiger charge is -2.11. The van der Waals surface area contributed by atoms with Crippen molar-refractivity contribution in [2.45, 2.75) is 46.5 Å². The zero-order valence-electron chi connectivity index (χ0n) is 15.1. The summed E-state index contributed by atoms with van der Waals surface area (Å²) in [6.07, 6.45) is 4.19. The van der Waals surface area contributed by atoms with Crippen molar-refractivity contribution < 1.29 is 4.74 Å². The summed E-state index contributed by atoms with van der Waals surface area (Å²) in [6.45, 7) is 11.5. The van der Waals surface area contributed by atoms with Crippen LogP contribution in [0.4, 0.5) is 0 Å². The van der Waals surface area contributed by atoms with E-state index in [1.165, 1.54) is 11.4 Å². The van der Waals surface area contributed by atoms with Crippen molar-refractivity contribution in [1.29, 1.82) is 0 Å². The summed E-state index contributed by atoms with van der Waals surface area (Å²) in [5, 5.41) is 0. The minimum absolute atomic E-state index is 0.436. The van der Waals surface area contributed by atoms with Crippen LogP contribution in [0, 0.1) is 0 Å². The van der Waals surface area contributed by atoms with Gasteiger partial charge in [-0.3, -0.25) is 0 Å². The van der Waals surface area contributed by atoms with Gasteiger partial charge in [-0.1, -0.05) is 45.9 Å². The molecule has 0 atom stereocenters. The molecular weight excluding hydrogens is 284 g/mol. The molecule has 0 saturated heterocycles. The normalized spacial score (nSPS) is 11.8. The van der Waals surface area contributed by atoms with Crippen molar-refractivity contribution in [3.63, 3.8) is 0 Å². The van der Waals surface area contributed by atoms with E-state index in [1.54, 1.807) is 0 Å². The maximum atomic E-state index is 5.47. The van der Waals surface area contributed by atoms with E-state index in [9.17, 15) is 0 Å². The molecule has 3 heteroatoms. The molecule has 0 bridgehead atoms. The van der Waals surface area contributed by atoms with Crippen LogP contribution in [-0.2, 0) is 7.05 Å². The fourth-order valence-corrected chi connectivity index (χ4v) is 2.82. The Hall–Kier alpha value is -2.03. The Bertz CT molecular complexity index is 664. The van der Waals surface area contributed by atoms with Crippen molar-refractivity contribution in [3.05, 3.63) is 47.0 Å². The quantitative estimate of drug-likeness (QED) is 0.729. The van der Waals surface area contributed by atoms with Crippen LogP contribution in [-0.4, -0.2) is 16.2 Å². The molecule has 124 valence electrons. The summed E-state index contributed by atoms with van der Waals surface area (Å²) < 4.78 is 7.69. The van der Waals surface area contributed by atoms with Crippen molar-refractivity contribution >= 4 is 12.2 Å². The Kier molecular flexibility index (Phi) is 5.64. The monoisotopic (exact) mass is 312 g/mol. The number of nitrogens with zero attached hydrogens (tertiary/aromatic N) is 2. The lowest BCUT2D eigenvalue weighted by atomic mass is 10.0. The van der Waals surface area contributed by atoms with Gasteiger partial charge >= 0.3 is 0 Å². The Morgan fingerprint density at radius 2 is 1.70 bits per heavy atom. The number of hydrogen-bond acceptors (Lipinski definition) is 2. The van der Waals surface area contributed by atoms with Gasteiger partial charge in [-0.05, 0) is 42.5 Å². The van der Waals surface area contributed by atoms with Gasteiger partial charge in [0.05, 0.1) is 12.3 Å². The van der Waals surface area contributed by atoms with Gasteiger partial charge in [0.1, 0.15) is 11.6 Å². The third kappa shape index (κ3) is 4.04. The van der Waals surface area contributed by atoms with Crippen LogP contribution in [0.2, 0.25) is 0 Å². The molecule has 0 saturated carbocycles. The molecule has 1 aromatic carbocycles.